The van der Waals surface area contributed by atoms with Crippen molar-refractivity contribution in [3.63, 3.8) is 0 Å². The average Bonchev–Trinajstić information content (AvgIpc) is 2.04. The fraction of sp³-hybridized carbons (Fsp3) is 0.417. The number of hydrogen-bond acceptors (Lipinski definition) is 1. The fourth-order valence-corrected chi connectivity index (χ4v) is 0.638. The maximum Gasteiger partial charge on any atom is 0.0988 e. The molecule has 0 N–H and O–H groups in total. The lowest BCUT2D eigenvalue weighted by molar-refractivity contribution is 0.519. The highest BCUT2D eigenvalue weighted by atomic mass is 14.2. The normalized spacial score (nSPS) is 13.0. The van der Waals surface area contributed by atoms with E-state index in [1.54, 1.807) is 12.2 Å². The molecule has 0 radical (unpaired) electrons. The highest BCUT2D eigenvalue weighted by Gasteiger charge is 2.11. The van der Waals surface area contributed by atoms with Gasteiger partial charge in [0.05, 0.1) is 6.07 Å². The minimum Gasteiger partial charge on any atom is -0.192 e. The summed E-state index contributed by atoms with van der Waals surface area (Å²) in [5, 5.41) is 8.64. The zero-order valence-electron chi connectivity index (χ0n) is 8.89. The van der Waals surface area contributed by atoms with Crippen molar-refractivity contribution >= 4 is 0 Å². The Morgan fingerprint density at radius 2 is 1.85 bits per heavy atom. The Labute approximate surface area is 81.1 Å². The van der Waals surface area contributed by atoms with Gasteiger partial charge in [0.2, 0.25) is 0 Å². The summed E-state index contributed by atoms with van der Waals surface area (Å²) in [4.78, 5) is 0. The third-order valence-corrected chi connectivity index (χ3v) is 1.87. The van der Waals surface area contributed by atoms with Crippen LogP contribution in [0, 0.1) is 16.7 Å². The molecule has 0 aliphatic rings. The second-order valence-electron chi connectivity index (χ2n) is 3.96. The smallest absolute Gasteiger partial charge is 0.0988 e. The van der Waals surface area contributed by atoms with Gasteiger partial charge in [-0.15, -0.1) is 0 Å². The summed E-state index contributed by atoms with van der Waals surface area (Å²) < 4.78 is 0. The van der Waals surface area contributed by atoms with Crippen LogP contribution in [0.15, 0.2) is 36.0 Å². The fourth-order valence-electron chi connectivity index (χ4n) is 0.638. The summed E-state index contributed by atoms with van der Waals surface area (Å²) in [6.45, 7) is 12.1. The summed E-state index contributed by atoms with van der Waals surface area (Å²) in [5.41, 5.74) is 1.78. The lowest BCUT2D eigenvalue weighted by Gasteiger charge is -2.18. The molecule has 1 nitrogen and oxygen atoms in total. The van der Waals surface area contributed by atoms with E-state index in [1.807, 2.05) is 13.0 Å². The van der Waals surface area contributed by atoms with Crippen molar-refractivity contribution in [3.8, 4) is 6.07 Å². The Morgan fingerprint density at radius 3 is 2.15 bits per heavy atom. The minimum atomic E-state index is 0.0742. The molecule has 0 heterocycles. The number of hydrogen-bond donors (Lipinski definition) is 0. The maximum atomic E-state index is 8.64. The van der Waals surface area contributed by atoms with Crippen LogP contribution < -0.4 is 0 Å². The lowest BCUT2D eigenvalue weighted by Crippen LogP contribution is -2.05. The summed E-state index contributed by atoms with van der Waals surface area (Å²) >= 11 is 0. The molecule has 0 spiro atoms. The molecule has 70 valence electrons. The molecule has 0 bridgehead atoms. The van der Waals surface area contributed by atoms with Crippen LogP contribution in [0.25, 0.3) is 0 Å². The SMILES string of the molecule is C=C(/C=C\C(C#N)=C/C)C(C)(C)C. The van der Waals surface area contributed by atoms with Gasteiger partial charge in [-0.05, 0) is 24.0 Å². The summed E-state index contributed by atoms with van der Waals surface area (Å²) in [7, 11) is 0. The van der Waals surface area contributed by atoms with Gasteiger partial charge in [0.25, 0.3) is 0 Å². The Bertz CT molecular complexity index is 279. The van der Waals surface area contributed by atoms with E-state index in [4.69, 9.17) is 5.26 Å². The molecule has 0 aromatic rings. The first-order valence-electron chi connectivity index (χ1n) is 4.35. The molecule has 1 heteroatoms. The molecule has 0 atom stereocenters. The van der Waals surface area contributed by atoms with Gasteiger partial charge in [-0.25, -0.2) is 0 Å². The van der Waals surface area contributed by atoms with Crippen molar-refractivity contribution in [2.75, 3.05) is 0 Å². The standard InChI is InChI=1S/C12H17N/c1-6-11(9-13)8-7-10(2)12(3,4)5/h6-8H,2H2,1,3-5H3/b8-7-,11-6+. The van der Waals surface area contributed by atoms with Gasteiger partial charge in [0.1, 0.15) is 0 Å². The van der Waals surface area contributed by atoms with Gasteiger partial charge in [-0.1, -0.05) is 39.5 Å². The van der Waals surface area contributed by atoms with Crippen molar-refractivity contribution in [1.29, 1.82) is 5.26 Å². The van der Waals surface area contributed by atoms with Crippen molar-refractivity contribution in [1.82, 2.24) is 0 Å². The maximum absolute atomic E-state index is 8.64. The summed E-state index contributed by atoms with van der Waals surface area (Å²) in [6, 6.07) is 2.09. The predicted octanol–water partition coefficient (Wildman–Crippen LogP) is 3.61. The third-order valence-electron chi connectivity index (χ3n) is 1.87. The Hall–Kier alpha value is -1.29. The molecule has 0 aromatic heterocycles. The van der Waals surface area contributed by atoms with Crippen LogP contribution in [0.3, 0.4) is 0 Å². The van der Waals surface area contributed by atoms with Crippen LogP contribution in [0.4, 0.5) is 0 Å². The van der Waals surface area contributed by atoms with E-state index < -0.39 is 0 Å². The van der Waals surface area contributed by atoms with Crippen LogP contribution in [-0.2, 0) is 0 Å². The molecular weight excluding hydrogens is 158 g/mol. The molecule has 0 unspecified atom stereocenters. The first kappa shape index (κ1) is 11.7. The molecule has 0 saturated heterocycles. The van der Waals surface area contributed by atoms with Gasteiger partial charge in [0.15, 0.2) is 0 Å². The molecule has 0 saturated carbocycles. The highest BCUT2D eigenvalue weighted by molar-refractivity contribution is 5.36. The predicted molar refractivity (Wildman–Crippen MR) is 57.1 cm³/mol. The van der Waals surface area contributed by atoms with Crippen molar-refractivity contribution in [3.05, 3.63) is 36.0 Å². The minimum absolute atomic E-state index is 0.0742. The van der Waals surface area contributed by atoms with Crippen molar-refractivity contribution in [2.24, 2.45) is 5.41 Å². The van der Waals surface area contributed by atoms with E-state index in [1.165, 1.54) is 0 Å². The molecule has 0 aliphatic heterocycles. The van der Waals surface area contributed by atoms with Gasteiger partial charge < -0.3 is 0 Å². The Balaban J connectivity index is 4.49. The van der Waals surface area contributed by atoms with Gasteiger partial charge >= 0.3 is 0 Å². The quantitative estimate of drug-likeness (QED) is 0.464. The second kappa shape index (κ2) is 4.67. The molecule has 13 heavy (non-hydrogen) atoms. The monoisotopic (exact) mass is 175 g/mol. The topological polar surface area (TPSA) is 23.8 Å². The first-order valence-corrected chi connectivity index (χ1v) is 4.35. The van der Waals surface area contributed by atoms with Gasteiger partial charge in [-0.3, -0.25) is 0 Å². The van der Waals surface area contributed by atoms with Crippen LogP contribution in [0.5, 0.6) is 0 Å². The number of nitrogens with zero attached hydrogens (tertiary/aromatic N) is 1. The first-order chi connectivity index (χ1) is 5.91. The van der Waals surface area contributed by atoms with Crippen LogP contribution in [0.1, 0.15) is 27.7 Å². The largest absolute Gasteiger partial charge is 0.192 e. The summed E-state index contributed by atoms with van der Waals surface area (Å²) in [5.74, 6) is 0. The molecule has 0 amide bonds. The highest BCUT2D eigenvalue weighted by Crippen LogP contribution is 2.24. The molecule has 0 aliphatic carbocycles. The van der Waals surface area contributed by atoms with E-state index in [0.717, 1.165) is 5.57 Å². The Kier molecular flexibility index (Phi) is 4.20. The summed E-state index contributed by atoms with van der Waals surface area (Å²) in [6.07, 6.45) is 5.48. The average molecular weight is 175 g/mol. The molecule has 0 aromatic carbocycles. The number of nitriles is 1. The van der Waals surface area contributed by atoms with Crippen LogP contribution in [-0.4, -0.2) is 0 Å². The Morgan fingerprint density at radius 1 is 1.31 bits per heavy atom. The van der Waals surface area contributed by atoms with Crippen LogP contribution in [0.2, 0.25) is 0 Å². The third kappa shape index (κ3) is 4.32. The molecule has 0 fully saturated rings. The molecule has 0 rings (SSSR count). The number of rotatable bonds is 2. The van der Waals surface area contributed by atoms with E-state index in [9.17, 15) is 0 Å². The van der Waals surface area contributed by atoms with Crippen molar-refractivity contribution in [2.45, 2.75) is 27.7 Å². The lowest BCUT2D eigenvalue weighted by atomic mass is 9.87. The number of allylic oxidation sites excluding steroid dienone is 5. The second-order valence-corrected chi connectivity index (χ2v) is 3.96. The van der Waals surface area contributed by atoms with E-state index in [0.29, 0.717) is 5.57 Å². The van der Waals surface area contributed by atoms with Gasteiger partial charge in [-0.2, -0.15) is 5.26 Å². The van der Waals surface area contributed by atoms with E-state index in [2.05, 4.69) is 33.4 Å². The van der Waals surface area contributed by atoms with Crippen molar-refractivity contribution < 1.29 is 0 Å². The zero-order valence-corrected chi connectivity index (χ0v) is 8.89. The zero-order chi connectivity index (χ0) is 10.5. The van der Waals surface area contributed by atoms with E-state index in [-0.39, 0.29) is 5.41 Å². The van der Waals surface area contributed by atoms with Gasteiger partial charge in [0, 0.05) is 5.57 Å². The van der Waals surface area contributed by atoms with E-state index >= 15 is 0 Å². The molecular formula is C12H17N. The van der Waals surface area contributed by atoms with Crippen LogP contribution >= 0.6 is 0 Å².